The van der Waals surface area contributed by atoms with Crippen LogP contribution < -0.4 is 0 Å². The van der Waals surface area contributed by atoms with E-state index in [1.807, 2.05) is 0 Å². The third-order valence-corrected chi connectivity index (χ3v) is 5.31. The number of carbonyl (C=O) groups excluding carboxylic acids is 2. The molecule has 0 aromatic carbocycles. The topological polar surface area (TPSA) is 111 Å². The van der Waals surface area contributed by atoms with Crippen molar-refractivity contribution in [2.75, 3.05) is 26.2 Å². The number of aromatic nitrogens is 2. The average molecular weight is 403 g/mol. The van der Waals surface area contributed by atoms with Crippen LogP contribution in [0.1, 0.15) is 19.8 Å². The molecule has 1 unspecified atom stereocenters. The molecular weight excluding hydrogens is 378 g/mol. The number of rotatable bonds is 7. The molecule has 156 valence electrons. The number of morpholine rings is 1. The second-order valence-corrected chi connectivity index (χ2v) is 7.31. The Morgan fingerprint density at radius 2 is 2.07 bits per heavy atom. The Labute approximate surface area is 168 Å². The highest BCUT2D eigenvalue weighted by Gasteiger charge is 2.44. The van der Waals surface area contributed by atoms with Gasteiger partial charge in [-0.25, -0.2) is 0 Å². The van der Waals surface area contributed by atoms with Crippen LogP contribution in [0.15, 0.2) is 36.7 Å². The fourth-order valence-corrected chi connectivity index (χ4v) is 3.75. The van der Waals surface area contributed by atoms with Gasteiger partial charge in [-0.05, 0) is 36.8 Å². The first-order valence-corrected chi connectivity index (χ1v) is 9.60. The third-order valence-electron chi connectivity index (χ3n) is 5.31. The van der Waals surface area contributed by atoms with Gasteiger partial charge in [0.15, 0.2) is 0 Å². The molecule has 1 aromatic heterocycles. The van der Waals surface area contributed by atoms with E-state index in [9.17, 15) is 19.7 Å². The lowest BCUT2D eigenvalue weighted by Gasteiger charge is -2.48. The van der Waals surface area contributed by atoms with Gasteiger partial charge in [-0.15, -0.1) is 0 Å². The molecule has 2 aliphatic heterocycles. The standard InChI is InChI=1S/C19H25N5O5/c1-16-18(26)22(8-3-2-4-14-25)15-19(29-16)6-10-21(11-7-19)12-13-23-9-5-17(20-23)24(27)28/h2-5,8-9,14,16H,6-7,10-13,15H2,1H3/b4-2-,8-3+. The molecule has 3 rings (SSSR count). The highest BCUT2D eigenvalue weighted by atomic mass is 16.6. The molecule has 3 heterocycles. The summed E-state index contributed by atoms with van der Waals surface area (Å²) in [6.45, 7) is 5.20. The molecule has 2 aliphatic rings. The second kappa shape index (κ2) is 9.10. The number of piperidine rings is 1. The molecule has 29 heavy (non-hydrogen) atoms. The highest BCUT2D eigenvalue weighted by molar-refractivity contribution is 5.82. The molecule has 0 radical (unpaired) electrons. The predicted molar refractivity (Wildman–Crippen MR) is 104 cm³/mol. The number of likely N-dealkylation sites (tertiary alicyclic amines) is 1. The molecule has 1 aromatic rings. The van der Waals surface area contributed by atoms with Crippen LogP contribution in [0, 0.1) is 10.1 Å². The summed E-state index contributed by atoms with van der Waals surface area (Å²) >= 11 is 0. The summed E-state index contributed by atoms with van der Waals surface area (Å²) in [5.74, 6) is -0.234. The average Bonchev–Trinajstić information content (AvgIpc) is 3.18. The molecular formula is C19H25N5O5. The summed E-state index contributed by atoms with van der Waals surface area (Å²) < 4.78 is 7.69. The van der Waals surface area contributed by atoms with Gasteiger partial charge >= 0.3 is 5.82 Å². The maximum atomic E-state index is 12.4. The maximum Gasteiger partial charge on any atom is 0.389 e. The summed E-state index contributed by atoms with van der Waals surface area (Å²) in [5, 5.41) is 14.7. The van der Waals surface area contributed by atoms with Crippen molar-refractivity contribution in [3.63, 3.8) is 0 Å². The fraction of sp³-hybridized carbons (Fsp3) is 0.526. The van der Waals surface area contributed by atoms with Crippen molar-refractivity contribution in [2.45, 2.75) is 38.0 Å². The van der Waals surface area contributed by atoms with E-state index in [1.54, 1.807) is 41.1 Å². The van der Waals surface area contributed by atoms with E-state index in [0.717, 1.165) is 32.5 Å². The van der Waals surface area contributed by atoms with Crippen LogP contribution in [0.2, 0.25) is 0 Å². The van der Waals surface area contributed by atoms with Crippen LogP contribution in [-0.2, 0) is 20.9 Å². The number of ether oxygens (including phenoxy) is 1. The Morgan fingerprint density at radius 3 is 2.72 bits per heavy atom. The molecule has 1 spiro atoms. The summed E-state index contributed by atoms with van der Waals surface area (Å²) in [7, 11) is 0. The largest absolute Gasteiger partial charge is 0.389 e. The van der Waals surface area contributed by atoms with Crippen molar-refractivity contribution >= 4 is 18.0 Å². The second-order valence-electron chi connectivity index (χ2n) is 7.31. The first kappa shape index (κ1) is 20.9. The van der Waals surface area contributed by atoms with Crippen LogP contribution >= 0.6 is 0 Å². The zero-order valence-electron chi connectivity index (χ0n) is 16.3. The summed E-state index contributed by atoms with van der Waals surface area (Å²) in [6, 6.07) is 1.39. The molecule has 10 nitrogen and oxygen atoms in total. The van der Waals surface area contributed by atoms with Gasteiger partial charge in [0.05, 0.1) is 36.1 Å². The van der Waals surface area contributed by atoms with Gasteiger partial charge in [-0.1, -0.05) is 6.08 Å². The number of allylic oxidation sites excluding steroid dienone is 3. The van der Waals surface area contributed by atoms with Gasteiger partial charge in [-0.3, -0.25) is 9.59 Å². The number of nitrogens with zero attached hydrogens (tertiary/aromatic N) is 5. The van der Waals surface area contributed by atoms with Gasteiger partial charge < -0.3 is 24.7 Å². The molecule has 10 heteroatoms. The summed E-state index contributed by atoms with van der Waals surface area (Å²) in [6.07, 6.45) is 9.70. The lowest BCUT2D eigenvalue weighted by atomic mass is 9.88. The van der Waals surface area contributed by atoms with E-state index in [4.69, 9.17) is 4.74 Å². The number of carbonyl (C=O) groups is 2. The minimum Gasteiger partial charge on any atom is -0.360 e. The van der Waals surface area contributed by atoms with E-state index in [0.29, 0.717) is 19.4 Å². The van der Waals surface area contributed by atoms with E-state index < -0.39 is 11.0 Å². The van der Waals surface area contributed by atoms with Crippen LogP contribution in [0.4, 0.5) is 5.82 Å². The Kier molecular flexibility index (Phi) is 6.55. The zero-order valence-corrected chi connectivity index (χ0v) is 16.3. The Bertz CT molecular complexity index is 810. The van der Waals surface area contributed by atoms with Crippen molar-refractivity contribution in [3.05, 3.63) is 46.8 Å². The molecule has 0 saturated carbocycles. The predicted octanol–water partition coefficient (Wildman–Crippen LogP) is 1.14. The van der Waals surface area contributed by atoms with E-state index >= 15 is 0 Å². The van der Waals surface area contributed by atoms with Crippen molar-refractivity contribution in [3.8, 4) is 0 Å². The first-order chi connectivity index (χ1) is 13.9. The van der Waals surface area contributed by atoms with Gasteiger partial charge in [0.1, 0.15) is 12.4 Å². The number of hydrogen-bond donors (Lipinski definition) is 0. The summed E-state index contributed by atoms with van der Waals surface area (Å²) in [4.78, 5) is 36.9. The van der Waals surface area contributed by atoms with Gasteiger partial charge in [0, 0.05) is 25.8 Å². The van der Waals surface area contributed by atoms with Gasteiger partial charge in [-0.2, -0.15) is 4.68 Å². The molecule has 0 aliphatic carbocycles. The van der Waals surface area contributed by atoms with Gasteiger partial charge in [0.2, 0.25) is 0 Å². The smallest absolute Gasteiger partial charge is 0.360 e. The third kappa shape index (κ3) is 5.15. The Balaban J connectivity index is 1.54. The van der Waals surface area contributed by atoms with Crippen LogP contribution in [-0.4, -0.2) is 74.6 Å². The number of nitro groups is 1. The highest BCUT2D eigenvalue weighted by Crippen LogP contribution is 2.33. The van der Waals surface area contributed by atoms with Crippen molar-refractivity contribution in [1.82, 2.24) is 19.6 Å². The van der Waals surface area contributed by atoms with Crippen molar-refractivity contribution in [1.29, 1.82) is 0 Å². The van der Waals surface area contributed by atoms with Crippen molar-refractivity contribution < 1.29 is 19.2 Å². The maximum absolute atomic E-state index is 12.4. The number of hydrogen-bond acceptors (Lipinski definition) is 7. The first-order valence-electron chi connectivity index (χ1n) is 9.60. The zero-order chi connectivity index (χ0) is 20.9. The summed E-state index contributed by atoms with van der Waals surface area (Å²) in [5.41, 5.74) is -0.382. The molecule has 2 saturated heterocycles. The minimum absolute atomic E-state index is 0.0888. The lowest BCUT2D eigenvalue weighted by Crippen LogP contribution is -2.60. The van der Waals surface area contributed by atoms with E-state index in [-0.39, 0.29) is 17.3 Å². The van der Waals surface area contributed by atoms with E-state index in [1.165, 1.54) is 12.1 Å². The molecule has 0 N–H and O–H groups in total. The normalized spacial score (nSPS) is 22.7. The lowest BCUT2D eigenvalue weighted by molar-refractivity contribution is -0.389. The minimum atomic E-state index is -0.514. The number of aldehydes is 1. The molecule has 0 bridgehead atoms. The van der Waals surface area contributed by atoms with Crippen LogP contribution in [0.25, 0.3) is 0 Å². The Hall–Kier alpha value is -2.85. The fourth-order valence-electron chi connectivity index (χ4n) is 3.75. The van der Waals surface area contributed by atoms with Crippen molar-refractivity contribution in [2.24, 2.45) is 0 Å². The molecule has 1 amide bonds. The molecule has 2 fully saturated rings. The SMILES string of the molecule is CC1OC2(CCN(CCn3ccc([N+](=O)[O-])n3)CC2)CN(/C=C/C=C\C=O)C1=O. The van der Waals surface area contributed by atoms with Gasteiger partial charge in [0.25, 0.3) is 5.91 Å². The number of amides is 1. The monoisotopic (exact) mass is 403 g/mol. The Morgan fingerprint density at radius 1 is 1.31 bits per heavy atom. The van der Waals surface area contributed by atoms with Crippen LogP contribution in [0.5, 0.6) is 0 Å². The quantitative estimate of drug-likeness (QED) is 0.221. The molecule has 1 atom stereocenters. The van der Waals surface area contributed by atoms with Crippen LogP contribution in [0.3, 0.4) is 0 Å². The van der Waals surface area contributed by atoms with E-state index in [2.05, 4.69) is 10.00 Å².